The fraction of sp³-hybridized carbons (Fsp3) is 0.268. The maximum Gasteiger partial charge on any atom is 0.269 e. The van der Waals surface area contributed by atoms with Crippen molar-refractivity contribution in [3.05, 3.63) is 154 Å². The number of amides is 3. The van der Waals surface area contributed by atoms with Crippen LogP contribution >= 0.6 is 43.2 Å². The third-order valence-electron chi connectivity index (χ3n) is 9.39. The molecule has 59 heavy (non-hydrogen) atoms. The third-order valence-corrected chi connectivity index (χ3v) is 12.2. The van der Waals surface area contributed by atoms with Crippen LogP contribution in [0, 0.1) is 10.1 Å². The molecule has 310 valence electrons. The van der Waals surface area contributed by atoms with Crippen molar-refractivity contribution >= 4 is 82.3 Å². The molecule has 4 N–H and O–H groups in total. The number of rotatable bonds is 18. The van der Waals surface area contributed by atoms with Gasteiger partial charge in [0.25, 0.3) is 17.5 Å². The molecule has 5 aromatic rings. The summed E-state index contributed by atoms with van der Waals surface area (Å²) in [5.74, 6) is -1.43. The molecule has 4 atom stereocenters. The van der Waals surface area contributed by atoms with E-state index in [1.54, 1.807) is 55.8 Å². The molecular weight excluding hydrogens is 926 g/mol. The summed E-state index contributed by atoms with van der Waals surface area (Å²) in [6, 6.07) is 22.7. The van der Waals surface area contributed by atoms with Crippen molar-refractivity contribution < 1.29 is 27.7 Å². The largest absolute Gasteiger partial charge is 0.348 e. The lowest BCUT2D eigenvalue weighted by Gasteiger charge is -2.25. The molecule has 0 aliphatic heterocycles. The number of nitrogens with one attached hydrogen (secondary N) is 4. The second-order valence-electron chi connectivity index (χ2n) is 14.0. The quantitative estimate of drug-likeness (QED) is 0.0518. The topological polar surface area (TPSA) is 193 Å². The van der Waals surface area contributed by atoms with Crippen molar-refractivity contribution in [1.29, 1.82) is 0 Å². The minimum absolute atomic E-state index is 0.0411. The number of nitro benzene ring substituents is 1. The smallest absolute Gasteiger partial charge is 0.269 e. The first-order valence-corrected chi connectivity index (χ1v) is 22.7. The Balaban J connectivity index is 1.40. The highest BCUT2D eigenvalue weighted by Crippen LogP contribution is 2.26. The minimum Gasteiger partial charge on any atom is -0.348 e. The number of nitro groups is 1. The molecule has 0 bridgehead atoms. The van der Waals surface area contributed by atoms with Crippen LogP contribution in [0.3, 0.4) is 0 Å². The molecule has 0 unspecified atom stereocenters. The first-order chi connectivity index (χ1) is 28.0. The van der Waals surface area contributed by atoms with Crippen molar-refractivity contribution in [3.63, 3.8) is 0 Å². The Labute approximate surface area is 363 Å². The zero-order valence-corrected chi connectivity index (χ0v) is 37.3. The van der Waals surface area contributed by atoms with Gasteiger partial charge in [-0.1, -0.05) is 68.3 Å². The summed E-state index contributed by atoms with van der Waals surface area (Å²) in [5.41, 5.74) is 4.76. The summed E-state index contributed by atoms with van der Waals surface area (Å²) in [6.07, 6.45) is 1.36. The van der Waals surface area contributed by atoms with E-state index >= 15 is 0 Å². The fourth-order valence-electron chi connectivity index (χ4n) is 6.04. The molecule has 0 aliphatic carbocycles. The lowest BCUT2D eigenvalue weighted by Crippen LogP contribution is -2.50. The Morgan fingerprint density at radius 3 is 1.90 bits per heavy atom. The Bertz CT molecular complexity index is 2370. The average molecular weight is 970 g/mol. The molecular formula is C41H43Br2N7O7S2. The van der Waals surface area contributed by atoms with Gasteiger partial charge in [-0.2, -0.15) is 0 Å². The molecule has 0 saturated heterocycles. The van der Waals surface area contributed by atoms with E-state index in [2.05, 4.69) is 58.1 Å². The van der Waals surface area contributed by atoms with E-state index in [1.165, 1.54) is 41.7 Å². The predicted octanol–water partition coefficient (Wildman–Crippen LogP) is 7.23. The van der Waals surface area contributed by atoms with Gasteiger partial charge in [0.05, 0.1) is 52.7 Å². The van der Waals surface area contributed by atoms with Crippen LogP contribution in [0.25, 0.3) is 0 Å². The molecule has 0 radical (unpaired) electrons. The molecule has 4 aromatic carbocycles. The summed E-state index contributed by atoms with van der Waals surface area (Å²) in [6.45, 7) is 5.34. The molecule has 0 spiro atoms. The zero-order chi connectivity index (χ0) is 42.9. The van der Waals surface area contributed by atoms with E-state index in [-0.39, 0.29) is 41.5 Å². The summed E-state index contributed by atoms with van der Waals surface area (Å²) in [4.78, 5) is 56.2. The lowest BCUT2D eigenvalue weighted by atomic mass is 10.0. The van der Waals surface area contributed by atoms with E-state index in [9.17, 15) is 32.9 Å². The number of carbonyl (C=O) groups excluding carboxylic acids is 3. The summed E-state index contributed by atoms with van der Waals surface area (Å²) < 4.78 is 29.5. The van der Waals surface area contributed by atoms with Crippen molar-refractivity contribution in [2.45, 2.75) is 57.9 Å². The van der Waals surface area contributed by atoms with Gasteiger partial charge in [-0.05, 0) is 79.9 Å². The van der Waals surface area contributed by atoms with Gasteiger partial charge >= 0.3 is 0 Å². The number of anilines is 1. The van der Waals surface area contributed by atoms with E-state index in [0.717, 1.165) is 25.1 Å². The van der Waals surface area contributed by atoms with Gasteiger partial charge in [0.2, 0.25) is 15.9 Å². The van der Waals surface area contributed by atoms with Gasteiger partial charge in [-0.25, -0.2) is 13.4 Å². The van der Waals surface area contributed by atoms with Crippen molar-refractivity contribution in [2.75, 3.05) is 17.1 Å². The highest BCUT2D eigenvalue weighted by Gasteiger charge is 2.25. The molecule has 5 rings (SSSR count). The lowest BCUT2D eigenvalue weighted by molar-refractivity contribution is -0.384. The number of hydrogen-bond acceptors (Lipinski definition) is 10. The van der Waals surface area contributed by atoms with E-state index in [4.69, 9.17) is 0 Å². The van der Waals surface area contributed by atoms with Gasteiger partial charge in [0, 0.05) is 56.6 Å². The van der Waals surface area contributed by atoms with Crippen LogP contribution in [0.15, 0.2) is 111 Å². The summed E-state index contributed by atoms with van der Waals surface area (Å²) >= 11 is 8.22. The van der Waals surface area contributed by atoms with Crippen LogP contribution in [0.4, 0.5) is 11.4 Å². The predicted molar refractivity (Wildman–Crippen MR) is 236 cm³/mol. The fourth-order valence-corrected chi connectivity index (χ4v) is 8.01. The number of halogens is 2. The Hall–Kier alpha value is -5.01. The molecule has 18 heteroatoms. The normalized spacial score (nSPS) is 13.4. The highest BCUT2D eigenvalue weighted by molar-refractivity contribution is 9.10. The average Bonchev–Trinajstić information content (AvgIpc) is 3.72. The molecule has 0 saturated carbocycles. The standard InChI is InChI=1S/C41H43Br2N7O7S2/c1-25(30-9-15-37(16-10-30)50(54)55)46-39(51)27(3)44-21-35(20-36-23-58-24-45-36)48-41(53)32-17-31(40(52)47-26(2)29-7-13-34(43)14-8-29)18-38(19-32)49(59(4,56)57)22-28-5-11-33(42)12-6-28/h5-19,23-27,35,44H,20-22H2,1-4H3,(H,46,51)(H,47,52)(H,48,53)/t25-,26-,27+,35+/m1/s1. The van der Waals surface area contributed by atoms with Gasteiger partial charge in [0.1, 0.15) is 0 Å². The zero-order valence-electron chi connectivity index (χ0n) is 32.5. The number of nitrogens with zero attached hydrogens (tertiary/aromatic N) is 3. The molecule has 0 aliphatic rings. The second kappa shape index (κ2) is 20.3. The molecule has 3 amide bonds. The van der Waals surface area contributed by atoms with E-state index in [1.807, 2.05) is 36.6 Å². The maximum absolute atomic E-state index is 14.2. The number of benzene rings is 4. The van der Waals surface area contributed by atoms with Gasteiger partial charge in [-0.3, -0.25) is 28.8 Å². The second-order valence-corrected chi connectivity index (χ2v) is 18.4. The van der Waals surface area contributed by atoms with Crippen LogP contribution in [0.5, 0.6) is 0 Å². The van der Waals surface area contributed by atoms with Gasteiger partial charge in [0.15, 0.2) is 0 Å². The number of carbonyl (C=O) groups is 3. The Morgan fingerprint density at radius 2 is 1.36 bits per heavy atom. The van der Waals surface area contributed by atoms with Crippen LogP contribution < -0.4 is 25.6 Å². The molecule has 0 fully saturated rings. The number of sulfonamides is 1. The van der Waals surface area contributed by atoms with E-state index in [0.29, 0.717) is 23.2 Å². The monoisotopic (exact) mass is 967 g/mol. The van der Waals surface area contributed by atoms with Crippen molar-refractivity contribution in [3.8, 4) is 0 Å². The summed E-state index contributed by atoms with van der Waals surface area (Å²) in [5, 5.41) is 25.0. The van der Waals surface area contributed by atoms with Crippen molar-refractivity contribution in [2.24, 2.45) is 0 Å². The first-order valence-electron chi connectivity index (χ1n) is 18.4. The minimum atomic E-state index is -3.93. The number of hydrogen-bond donors (Lipinski definition) is 4. The number of non-ortho nitro benzene ring substituents is 1. The van der Waals surface area contributed by atoms with Crippen LogP contribution in [0.2, 0.25) is 0 Å². The van der Waals surface area contributed by atoms with Crippen molar-refractivity contribution in [1.82, 2.24) is 26.3 Å². The first kappa shape index (κ1) is 45.1. The maximum atomic E-state index is 14.2. The van der Waals surface area contributed by atoms with Crippen LogP contribution in [-0.2, 0) is 27.8 Å². The van der Waals surface area contributed by atoms with Crippen LogP contribution in [-0.4, -0.2) is 60.9 Å². The van der Waals surface area contributed by atoms with Gasteiger partial charge < -0.3 is 21.3 Å². The third kappa shape index (κ3) is 13.0. The van der Waals surface area contributed by atoms with Crippen LogP contribution in [0.1, 0.15) is 76.0 Å². The van der Waals surface area contributed by atoms with Gasteiger partial charge in [-0.15, -0.1) is 11.3 Å². The Morgan fingerprint density at radius 1 is 0.814 bits per heavy atom. The molecule has 14 nitrogen and oxygen atoms in total. The SMILES string of the molecule is C[C@H](NC[C@H](Cc1cscn1)NC(=O)c1cc(C(=O)N[C@H](C)c2ccc(Br)cc2)cc(N(Cc2ccc(Br)cc2)S(C)(=O)=O)c1)C(=O)N[C@H](C)c1ccc([N+](=O)[O-])cc1. The highest BCUT2D eigenvalue weighted by atomic mass is 79.9. The molecule has 1 heterocycles. The summed E-state index contributed by atoms with van der Waals surface area (Å²) in [7, 11) is -3.93. The number of aromatic nitrogens is 1. The molecule has 1 aromatic heterocycles. The number of thiazole rings is 1. The van der Waals surface area contributed by atoms with E-state index < -0.39 is 50.9 Å². The Kier molecular flexibility index (Phi) is 15.5.